The molecular weight excluding hydrogens is 394 g/mol. The maximum Gasteiger partial charge on any atom is 0.241 e. The first-order valence-electron chi connectivity index (χ1n) is 9.11. The highest BCUT2D eigenvalue weighted by Crippen LogP contribution is 2.23. The fraction of sp³-hybridized carbons (Fsp3) is 0.300. The minimum absolute atomic E-state index is 0.0543. The predicted molar refractivity (Wildman–Crippen MR) is 106 cm³/mol. The molecule has 0 radical (unpaired) electrons. The van der Waals surface area contributed by atoms with Gasteiger partial charge in [0.05, 0.1) is 24.7 Å². The standard InChI is InChI=1S/C20H23N3O5S/c1-13(14-5-3-2-4-6-14)19(20(21)25)23-18(24)10-22-29(26,27)17-8-7-15-11-28-12-16(15)9-17/h2-9,13,19,22H,10-12H2,1H3,(H2,21,25)(H,23,24). The first kappa shape index (κ1) is 21.0. The van der Waals surface area contributed by atoms with Crippen molar-refractivity contribution in [1.29, 1.82) is 0 Å². The Morgan fingerprint density at radius 1 is 1.10 bits per heavy atom. The van der Waals surface area contributed by atoms with Crippen LogP contribution in [-0.2, 0) is 37.6 Å². The Bertz CT molecular complexity index is 1010. The molecule has 2 aromatic carbocycles. The number of sulfonamides is 1. The highest BCUT2D eigenvalue weighted by Gasteiger charge is 2.27. The second-order valence-electron chi connectivity index (χ2n) is 6.89. The van der Waals surface area contributed by atoms with Crippen LogP contribution in [0.25, 0.3) is 0 Å². The third-order valence-electron chi connectivity index (χ3n) is 4.87. The number of rotatable bonds is 8. The maximum atomic E-state index is 12.5. The Balaban J connectivity index is 1.64. The molecule has 0 saturated carbocycles. The van der Waals surface area contributed by atoms with E-state index < -0.39 is 34.4 Å². The van der Waals surface area contributed by atoms with Gasteiger partial charge in [-0.3, -0.25) is 9.59 Å². The second-order valence-corrected chi connectivity index (χ2v) is 8.66. The Kier molecular flexibility index (Phi) is 6.31. The number of carbonyl (C=O) groups is 2. The third kappa shape index (κ3) is 5.00. The molecule has 0 aliphatic carbocycles. The van der Waals surface area contributed by atoms with E-state index in [2.05, 4.69) is 10.0 Å². The first-order chi connectivity index (χ1) is 13.8. The van der Waals surface area contributed by atoms with Gasteiger partial charge in [0.15, 0.2) is 0 Å². The number of ether oxygens (including phenoxy) is 1. The molecule has 0 saturated heterocycles. The zero-order valence-electron chi connectivity index (χ0n) is 15.9. The summed E-state index contributed by atoms with van der Waals surface area (Å²) in [6, 6.07) is 12.9. The van der Waals surface area contributed by atoms with E-state index in [1.165, 1.54) is 12.1 Å². The van der Waals surface area contributed by atoms with Gasteiger partial charge in [0, 0.05) is 5.92 Å². The molecule has 2 aromatic rings. The van der Waals surface area contributed by atoms with Crippen molar-refractivity contribution < 1.29 is 22.7 Å². The molecule has 2 atom stereocenters. The first-order valence-corrected chi connectivity index (χ1v) is 10.6. The van der Waals surface area contributed by atoms with Crippen LogP contribution >= 0.6 is 0 Å². The monoisotopic (exact) mass is 417 g/mol. The van der Waals surface area contributed by atoms with Gasteiger partial charge >= 0.3 is 0 Å². The molecule has 0 bridgehead atoms. The van der Waals surface area contributed by atoms with E-state index in [1.807, 2.05) is 30.3 Å². The molecule has 8 nitrogen and oxygen atoms in total. The normalized spacial score (nSPS) is 15.3. The molecule has 2 unspecified atom stereocenters. The van der Waals surface area contributed by atoms with Crippen LogP contribution in [0.4, 0.5) is 0 Å². The number of amides is 2. The van der Waals surface area contributed by atoms with Crippen LogP contribution in [0.2, 0.25) is 0 Å². The smallest absolute Gasteiger partial charge is 0.241 e. The lowest BCUT2D eigenvalue weighted by molar-refractivity contribution is -0.127. The molecule has 1 heterocycles. The molecule has 154 valence electrons. The largest absolute Gasteiger partial charge is 0.372 e. The summed E-state index contributed by atoms with van der Waals surface area (Å²) in [5.74, 6) is -1.72. The Labute approximate surface area is 169 Å². The summed E-state index contributed by atoms with van der Waals surface area (Å²) in [5, 5.41) is 2.52. The number of hydrogen-bond acceptors (Lipinski definition) is 5. The molecule has 29 heavy (non-hydrogen) atoms. The van der Waals surface area contributed by atoms with E-state index in [4.69, 9.17) is 10.5 Å². The lowest BCUT2D eigenvalue weighted by Crippen LogP contribution is -2.50. The van der Waals surface area contributed by atoms with E-state index in [9.17, 15) is 18.0 Å². The van der Waals surface area contributed by atoms with Gasteiger partial charge in [-0.1, -0.05) is 43.3 Å². The molecule has 3 rings (SSSR count). The summed E-state index contributed by atoms with van der Waals surface area (Å²) in [7, 11) is -3.89. The Hall–Kier alpha value is -2.75. The maximum absolute atomic E-state index is 12.5. The molecule has 0 spiro atoms. The van der Waals surface area contributed by atoms with E-state index in [0.717, 1.165) is 16.7 Å². The quantitative estimate of drug-likeness (QED) is 0.585. The predicted octanol–water partition coefficient (Wildman–Crippen LogP) is 0.769. The van der Waals surface area contributed by atoms with Crippen molar-refractivity contribution in [2.75, 3.05) is 6.54 Å². The van der Waals surface area contributed by atoms with Gasteiger partial charge in [-0.15, -0.1) is 0 Å². The van der Waals surface area contributed by atoms with Crippen molar-refractivity contribution in [3.05, 3.63) is 65.2 Å². The highest BCUT2D eigenvalue weighted by atomic mass is 32.2. The van der Waals surface area contributed by atoms with Gasteiger partial charge in [0.2, 0.25) is 21.8 Å². The molecule has 1 aliphatic heterocycles. The average molecular weight is 417 g/mol. The second kappa shape index (κ2) is 8.73. The third-order valence-corrected chi connectivity index (χ3v) is 6.27. The number of hydrogen-bond donors (Lipinski definition) is 3. The summed E-state index contributed by atoms with van der Waals surface area (Å²) < 4.78 is 32.5. The molecule has 0 fully saturated rings. The molecule has 0 aromatic heterocycles. The summed E-state index contributed by atoms with van der Waals surface area (Å²) in [4.78, 5) is 24.2. The van der Waals surface area contributed by atoms with Crippen molar-refractivity contribution in [3.8, 4) is 0 Å². The van der Waals surface area contributed by atoms with Crippen LogP contribution in [0.5, 0.6) is 0 Å². The number of nitrogens with two attached hydrogens (primary N) is 1. The highest BCUT2D eigenvalue weighted by molar-refractivity contribution is 7.89. The average Bonchev–Trinajstić information content (AvgIpc) is 3.18. The summed E-state index contributed by atoms with van der Waals surface area (Å²) in [6.45, 7) is 2.07. The SMILES string of the molecule is CC(c1ccccc1)C(NC(=O)CNS(=O)(=O)c1ccc2c(c1)COC2)C(N)=O. The van der Waals surface area contributed by atoms with Gasteiger partial charge in [0.25, 0.3) is 0 Å². The Morgan fingerprint density at radius 2 is 1.79 bits per heavy atom. The molecule has 4 N–H and O–H groups in total. The van der Waals surface area contributed by atoms with Crippen LogP contribution in [0.15, 0.2) is 53.4 Å². The number of carbonyl (C=O) groups excluding carboxylic acids is 2. The van der Waals surface area contributed by atoms with Crippen LogP contribution in [0.3, 0.4) is 0 Å². The van der Waals surface area contributed by atoms with E-state index in [0.29, 0.717) is 13.2 Å². The summed E-state index contributed by atoms with van der Waals surface area (Å²) in [5.41, 5.74) is 8.03. The van der Waals surface area contributed by atoms with E-state index in [1.54, 1.807) is 13.0 Å². The van der Waals surface area contributed by atoms with Crippen molar-refractivity contribution in [2.45, 2.75) is 37.0 Å². The summed E-state index contributed by atoms with van der Waals surface area (Å²) >= 11 is 0. The lowest BCUT2D eigenvalue weighted by Gasteiger charge is -2.23. The van der Waals surface area contributed by atoms with Crippen LogP contribution in [-0.4, -0.2) is 32.8 Å². The zero-order valence-corrected chi connectivity index (χ0v) is 16.7. The van der Waals surface area contributed by atoms with Crippen molar-refractivity contribution in [1.82, 2.24) is 10.0 Å². The van der Waals surface area contributed by atoms with Crippen molar-refractivity contribution >= 4 is 21.8 Å². The van der Waals surface area contributed by atoms with Gasteiger partial charge in [-0.25, -0.2) is 13.1 Å². The lowest BCUT2D eigenvalue weighted by atomic mass is 9.93. The number of benzene rings is 2. The van der Waals surface area contributed by atoms with Crippen LogP contribution in [0.1, 0.15) is 29.5 Å². The molecular formula is C20H23N3O5S. The van der Waals surface area contributed by atoms with Crippen molar-refractivity contribution in [3.63, 3.8) is 0 Å². The van der Waals surface area contributed by atoms with E-state index in [-0.39, 0.29) is 10.8 Å². The topological polar surface area (TPSA) is 128 Å². The van der Waals surface area contributed by atoms with E-state index >= 15 is 0 Å². The Morgan fingerprint density at radius 3 is 2.48 bits per heavy atom. The molecule has 1 aliphatic rings. The minimum atomic E-state index is -3.89. The van der Waals surface area contributed by atoms with Crippen LogP contribution in [0, 0.1) is 0 Å². The van der Waals surface area contributed by atoms with Gasteiger partial charge in [-0.05, 0) is 28.8 Å². The minimum Gasteiger partial charge on any atom is -0.372 e. The number of primary amides is 1. The van der Waals surface area contributed by atoms with Gasteiger partial charge in [-0.2, -0.15) is 0 Å². The van der Waals surface area contributed by atoms with Gasteiger partial charge in [0.1, 0.15) is 6.04 Å². The zero-order chi connectivity index (χ0) is 21.0. The van der Waals surface area contributed by atoms with Crippen molar-refractivity contribution in [2.24, 2.45) is 5.73 Å². The fourth-order valence-corrected chi connectivity index (χ4v) is 4.21. The fourth-order valence-electron chi connectivity index (χ4n) is 3.18. The van der Waals surface area contributed by atoms with Crippen LogP contribution < -0.4 is 15.8 Å². The molecule has 2 amide bonds. The molecule has 9 heteroatoms. The summed E-state index contributed by atoms with van der Waals surface area (Å²) in [6.07, 6.45) is 0. The number of fused-ring (bicyclic) bond motifs is 1. The van der Waals surface area contributed by atoms with Gasteiger partial charge < -0.3 is 15.8 Å². The number of nitrogens with one attached hydrogen (secondary N) is 2.